The van der Waals surface area contributed by atoms with Gasteiger partial charge in [-0.3, -0.25) is 19.8 Å². The van der Waals surface area contributed by atoms with Crippen LogP contribution in [-0.2, 0) is 16.6 Å². The van der Waals surface area contributed by atoms with E-state index in [9.17, 15) is 4.79 Å². The molecule has 0 bridgehead atoms. The van der Waals surface area contributed by atoms with E-state index >= 15 is 0 Å². The topological polar surface area (TPSA) is 94.0 Å². The van der Waals surface area contributed by atoms with Gasteiger partial charge in [0.25, 0.3) is 0 Å². The summed E-state index contributed by atoms with van der Waals surface area (Å²) in [6.07, 6.45) is 6.27. The van der Waals surface area contributed by atoms with Gasteiger partial charge >= 0.3 is 0 Å². The van der Waals surface area contributed by atoms with Gasteiger partial charge < -0.3 is 10.1 Å². The standard InChI is InChI=1S/C13H18N6O2/c1-19-11(3-4-17-19)10(9-21-2)16-8-13(20)18-12-7-14-5-6-15-12/h3-7,10,16H,8-9H2,1-2H3,(H,15,18,20). The SMILES string of the molecule is COCC(NCC(=O)Nc1cnccn1)c1ccnn1C. The highest BCUT2D eigenvalue weighted by atomic mass is 16.5. The predicted molar refractivity (Wildman–Crippen MR) is 76.5 cm³/mol. The van der Waals surface area contributed by atoms with Crippen molar-refractivity contribution in [3.63, 3.8) is 0 Å². The Labute approximate surface area is 122 Å². The van der Waals surface area contributed by atoms with Gasteiger partial charge in [-0.1, -0.05) is 0 Å². The normalized spacial score (nSPS) is 12.1. The monoisotopic (exact) mass is 290 g/mol. The van der Waals surface area contributed by atoms with Gasteiger partial charge in [0.05, 0.1) is 31.1 Å². The number of amides is 1. The molecule has 0 aromatic carbocycles. The largest absolute Gasteiger partial charge is 0.383 e. The van der Waals surface area contributed by atoms with Crippen LogP contribution in [0.1, 0.15) is 11.7 Å². The minimum absolute atomic E-state index is 0.116. The molecule has 2 aromatic heterocycles. The average Bonchev–Trinajstić information content (AvgIpc) is 2.90. The number of aromatic nitrogens is 4. The van der Waals surface area contributed by atoms with Crippen LogP contribution in [0.4, 0.5) is 5.82 Å². The highest BCUT2D eigenvalue weighted by Gasteiger charge is 2.15. The maximum atomic E-state index is 11.9. The summed E-state index contributed by atoms with van der Waals surface area (Å²) < 4.78 is 6.92. The van der Waals surface area contributed by atoms with E-state index in [-0.39, 0.29) is 18.5 Å². The first-order valence-corrected chi connectivity index (χ1v) is 6.46. The molecule has 0 aliphatic carbocycles. The smallest absolute Gasteiger partial charge is 0.239 e. The third-order valence-electron chi connectivity index (χ3n) is 2.89. The van der Waals surface area contributed by atoms with Crippen molar-refractivity contribution in [2.45, 2.75) is 6.04 Å². The van der Waals surface area contributed by atoms with E-state index in [1.165, 1.54) is 12.4 Å². The molecule has 0 saturated carbocycles. The molecule has 0 aliphatic heterocycles. The van der Waals surface area contributed by atoms with E-state index in [2.05, 4.69) is 25.7 Å². The molecule has 0 aliphatic rings. The Balaban J connectivity index is 1.90. The summed E-state index contributed by atoms with van der Waals surface area (Å²) >= 11 is 0. The molecule has 1 atom stereocenters. The summed E-state index contributed by atoms with van der Waals surface area (Å²) in [5, 5.41) is 9.92. The molecular formula is C13H18N6O2. The number of nitrogens with zero attached hydrogens (tertiary/aromatic N) is 4. The van der Waals surface area contributed by atoms with Gasteiger partial charge in [0.2, 0.25) is 5.91 Å². The second-order valence-corrected chi connectivity index (χ2v) is 4.41. The fraction of sp³-hybridized carbons (Fsp3) is 0.385. The molecule has 21 heavy (non-hydrogen) atoms. The summed E-state index contributed by atoms with van der Waals surface area (Å²) in [5.74, 6) is 0.229. The molecule has 0 spiro atoms. The Bertz CT molecular complexity index is 571. The van der Waals surface area contributed by atoms with Crippen molar-refractivity contribution in [3.05, 3.63) is 36.5 Å². The van der Waals surface area contributed by atoms with Gasteiger partial charge in [-0.25, -0.2) is 4.98 Å². The molecular weight excluding hydrogens is 272 g/mol. The van der Waals surface area contributed by atoms with E-state index in [4.69, 9.17) is 4.74 Å². The third kappa shape index (κ3) is 4.33. The number of methoxy groups -OCH3 is 1. The predicted octanol–water partition coefficient (Wildman–Crippen LogP) is 0.126. The molecule has 2 N–H and O–H groups in total. The van der Waals surface area contributed by atoms with Crippen LogP contribution in [0.2, 0.25) is 0 Å². The fourth-order valence-corrected chi connectivity index (χ4v) is 1.91. The number of ether oxygens (including phenoxy) is 1. The number of hydrogen-bond acceptors (Lipinski definition) is 6. The highest BCUT2D eigenvalue weighted by Crippen LogP contribution is 2.11. The molecule has 112 valence electrons. The summed E-state index contributed by atoms with van der Waals surface area (Å²) in [7, 11) is 3.46. The van der Waals surface area contributed by atoms with Crippen LogP contribution < -0.4 is 10.6 Å². The van der Waals surface area contributed by atoms with Crippen LogP contribution in [0, 0.1) is 0 Å². The molecule has 8 nitrogen and oxygen atoms in total. The van der Waals surface area contributed by atoms with E-state index in [1.807, 2.05) is 13.1 Å². The molecule has 0 radical (unpaired) electrons. The van der Waals surface area contributed by atoms with Crippen LogP contribution >= 0.6 is 0 Å². The second-order valence-electron chi connectivity index (χ2n) is 4.41. The summed E-state index contributed by atoms with van der Waals surface area (Å²) in [5.41, 5.74) is 0.948. The Hall–Kier alpha value is -2.32. The van der Waals surface area contributed by atoms with Gasteiger partial charge in [-0.05, 0) is 6.07 Å². The number of nitrogens with one attached hydrogen (secondary N) is 2. The molecule has 2 aromatic rings. The van der Waals surface area contributed by atoms with E-state index < -0.39 is 0 Å². The van der Waals surface area contributed by atoms with Gasteiger partial charge in [-0.2, -0.15) is 5.10 Å². The maximum absolute atomic E-state index is 11.9. The summed E-state index contributed by atoms with van der Waals surface area (Å²) in [6.45, 7) is 0.577. The van der Waals surface area contributed by atoms with Crippen molar-refractivity contribution >= 4 is 11.7 Å². The Morgan fingerprint density at radius 2 is 2.29 bits per heavy atom. The molecule has 8 heteroatoms. The number of carbonyl (C=O) groups excluding carboxylic acids is 1. The van der Waals surface area contributed by atoms with Crippen molar-refractivity contribution < 1.29 is 9.53 Å². The van der Waals surface area contributed by atoms with Crippen LogP contribution in [0.15, 0.2) is 30.9 Å². The van der Waals surface area contributed by atoms with Gasteiger partial charge in [0, 0.05) is 32.7 Å². The third-order valence-corrected chi connectivity index (χ3v) is 2.89. The quantitative estimate of drug-likeness (QED) is 0.752. The lowest BCUT2D eigenvalue weighted by Gasteiger charge is -2.17. The van der Waals surface area contributed by atoms with Crippen molar-refractivity contribution in [3.8, 4) is 0 Å². The number of aryl methyl sites for hydroxylation is 1. The number of carbonyl (C=O) groups is 1. The minimum atomic E-state index is -0.196. The molecule has 1 amide bonds. The van der Waals surface area contributed by atoms with Gasteiger partial charge in [-0.15, -0.1) is 0 Å². The lowest BCUT2D eigenvalue weighted by molar-refractivity contribution is -0.115. The van der Waals surface area contributed by atoms with Crippen molar-refractivity contribution in [1.29, 1.82) is 0 Å². The lowest BCUT2D eigenvalue weighted by atomic mass is 10.2. The second kappa shape index (κ2) is 7.46. The van der Waals surface area contributed by atoms with Crippen LogP contribution in [0.5, 0.6) is 0 Å². The van der Waals surface area contributed by atoms with Crippen molar-refractivity contribution in [2.24, 2.45) is 7.05 Å². The Kier molecular flexibility index (Phi) is 5.35. The van der Waals surface area contributed by atoms with Crippen LogP contribution in [-0.4, -0.2) is 45.9 Å². The van der Waals surface area contributed by atoms with Crippen molar-refractivity contribution in [1.82, 2.24) is 25.1 Å². The first kappa shape index (κ1) is 15.1. The van der Waals surface area contributed by atoms with Crippen molar-refractivity contribution in [2.75, 3.05) is 25.6 Å². The number of rotatable bonds is 7. The highest BCUT2D eigenvalue weighted by molar-refractivity contribution is 5.91. The Morgan fingerprint density at radius 3 is 2.90 bits per heavy atom. The average molecular weight is 290 g/mol. The molecule has 1 unspecified atom stereocenters. The van der Waals surface area contributed by atoms with Crippen LogP contribution in [0.3, 0.4) is 0 Å². The fourth-order valence-electron chi connectivity index (χ4n) is 1.91. The Morgan fingerprint density at radius 1 is 1.43 bits per heavy atom. The first-order valence-electron chi connectivity index (χ1n) is 6.46. The van der Waals surface area contributed by atoms with Gasteiger partial charge in [0.15, 0.2) is 5.82 Å². The number of anilines is 1. The summed E-state index contributed by atoms with van der Waals surface area (Å²) in [6, 6.07) is 1.77. The number of hydrogen-bond donors (Lipinski definition) is 2. The maximum Gasteiger partial charge on any atom is 0.239 e. The van der Waals surface area contributed by atoms with Gasteiger partial charge in [0.1, 0.15) is 0 Å². The molecule has 0 saturated heterocycles. The zero-order chi connectivity index (χ0) is 15.1. The molecule has 2 rings (SSSR count). The summed E-state index contributed by atoms with van der Waals surface area (Å²) in [4.78, 5) is 19.7. The molecule has 2 heterocycles. The van der Waals surface area contributed by atoms with E-state index in [1.54, 1.807) is 24.2 Å². The lowest BCUT2D eigenvalue weighted by Crippen LogP contribution is -2.34. The zero-order valence-electron chi connectivity index (χ0n) is 12.0. The molecule has 0 fully saturated rings. The van der Waals surface area contributed by atoms with E-state index in [0.717, 1.165) is 5.69 Å². The van der Waals surface area contributed by atoms with E-state index in [0.29, 0.717) is 12.4 Å². The zero-order valence-corrected chi connectivity index (χ0v) is 12.0. The minimum Gasteiger partial charge on any atom is -0.383 e. The first-order chi connectivity index (χ1) is 10.2. The van der Waals surface area contributed by atoms with Crippen LogP contribution in [0.25, 0.3) is 0 Å².